The maximum absolute atomic E-state index is 17.6. The van der Waals surface area contributed by atoms with Gasteiger partial charge in [0.1, 0.15) is 47.4 Å². The molecule has 0 spiro atoms. The number of benzene rings is 3. The number of hydrogen-bond donors (Lipinski definition) is 0. The minimum Gasteiger partial charge on any atom is -0.468 e. The molecule has 4 atom stereocenters. The average molecular weight is 923 g/mol. The van der Waals surface area contributed by atoms with Gasteiger partial charge in [0, 0.05) is 76.8 Å². The molecule has 0 N–H and O–H groups in total. The van der Waals surface area contributed by atoms with Crippen molar-refractivity contribution in [2.24, 2.45) is 0 Å². The first-order chi connectivity index (χ1) is 32.3. The van der Waals surface area contributed by atoms with E-state index in [9.17, 15) is 9.59 Å². The van der Waals surface area contributed by atoms with Gasteiger partial charge in [-0.05, 0) is 93.6 Å². The molecule has 4 saturated heterocycles. The van der Waals surface area contributed by atoms with Crippen LogP contribution in [0.4, 0.5) is 24.2 Å². The summed E-state index contributed by atoms with van der Waals surface area (Å²) in [5.41, 5.74) is 1.08. The van der Waals surface area contributed by atoms with E-state index < -0.39 is 17.2 Å². The Hall–Kier alpha value is -5.91. The molecular formula is C50H60F2N8O7. The molecule has 17 heteroatoms. The predicted octanol–water partition coefficient (Wildman–Crippen LogP) is 7.66. The number of hydrogen-bond acceptors (Lipinski definition) is 13. The topological polar surface area (TPSA) is 135 Å². The number of anilines is 1. The third kappa shape index (κ3) is 9.77. The van der Waals surface area contributed by atoms with E-state index in [0.29, 0.717) is 71.5 Å². The SMILES string of the molecule is CCc1c(F)ccc2cc(OCOC)cc(-c3ncc4c(N5C[C@H]6CC[C@@H](C5)N6C(=O)OC(C)(C)C)nc(OC[C@@H]5C[C@H](N6CCN(C(=O)OCc7ccccc7)CC6)CN5C)nc4c3F)c12. The van der Waals surface area contributed by atoms with Crippen LogP contribution >= 0.6 is 0 Å². The van der Waals surface area contributed by atoms with Gasteiger partial charge < -0.3 is 33.5 Å². The van der Waals surface area contributed by atoms with Crippen LogP contribution < -0.4 is 14.4 Å². The number of halogens is 2. The van der Waals surface area contributed by atoms with Crippen LogP contribution in [0.25, 0.3) is 32.9 Å². The Labute approximate surface area is 389 Å². The van der Waals surface area contributed by atoms with Crippen LogP contribution in [0.5, 0.6) is 11.8 Å². The standard InChI is InChI=1S/C50H60F2N8O7/c1-7-38-41(51)16-13-32-21-37(66-30-63-6)23-39(42(32)38)44-43(52)45-40(24-53-44)46(59-26-33-14-15-34(27-59)60(33)49(62)67-50(2,3)4)55-47(54-45)64-29-36-22-35(25-56(36)5)57-17-19-58(20-18-57)48(61)65-28-31-11-9-8-10-12-31/h8-13,16,21,23-24,33-36H,7,14-15,17-20,22,25-30H2,1-6H3/t33-,34+,35-,36-/m0/s1. The fraction of sp³-hybridized carbons (Fsp3) is 0.500. The van der Waals surface area contributed by atoms with Gasteiger partial charge >= 0.3 is 18.2 Å². The molecule has 0 unspecified atom stereocenters. The minimum absolute atomic E-state index is 0.00977. The fourth-order valence-corrected chi connectivity index (χ4v) is 10.2. The molecule has 4 aliphatic rings. The molecule has 4 aliphatic heterocycles. The normalized spacial score (nSPS) is 21.3. The summed E-state index contributed by atoms with van der Waals surface area (Å²) in [5, 5.41) is 1.58. The van der Waals surface area contributed by atoms with Gasteiger partial charge in [-0.3, -0.25) is 19.7 Å². The number of pyridine rings is 1. The van der Waals surface area contributed by atoms with Gasteiger partial charge in [0.05, 0.1) is 17.5 Å². The number of carbonyl (C=O) groups excluding carboxylic acids is 2. The number of rotatable bonds is 12. The van der Waals surface area contributed by atoms with E-state index in [4.69, 9.17) is 38.6 Å². The lowest BCUT2D eigenvalue weighted by atomic mass is 9.94. The van der Waals surface area contributed by atoms with Crippen LogP contribution in [0.15, 0.2) is 60.8 Å². The number of piperazine rings is 2. The summed E-state index contributed by atoms with van der Waals surface area (Å²) in [6.07, 6.45) is 3.69. The van der Waals surface area contributed by atoms with Gasteiger partial charge in [0.2, 0.25) is 0 Å². The molecule has 5 aromatic rings. The highest BCUT2D eigenvalue weighted by Crippen LogP contribution is 2.41. The molecule has 9 rings (SSSR count). The predicted molar refractivity (Wildman–Crippen MR) is 249 cm³/mol. The summed E-state index contributed by atoms with van der Waals surface area (Å²) in [4.78, 5) is 51.1. The van der Waals surface area contributed by atoms with Crippen LogP contribution in [-0.2, 0) is 27.2 Å². The van der Waals surface area contributed by atoms with Crippen LogP contribution in [0.1, 0.15) is 58.1 Å². The molecular weight excluding hydrogens is 863 g/mol. The molecule has 6 heterocycles. The Morgan fingerprint density at radius 3 is 2.33 bits per heavy atom. The third-order valence-corrected chi connectivity index (χ3v) is 13.5. The molecule has 3 aromatic carbocycles. The van der Waals surface area contributed by atoms with Crippen molar-refractivity contribution in [2.45, 2.75) is 89.8 Å². The largest absolute Gasteiger partial charge is 0.468 e. The Morgan fingerprint density at radius 1 is 0.881 bits per heavy atom. The number of aromatic nitrogens is 3. The summed E-state index contributed by atoms with van der Waals surface area (Å²) in [6.45, 7) is 12.2. The second kappa shape index (κ2) is 19.4. The van der Waals surface area contributed by atoms with Crippen molar-refractivity contribution >= 4 is 39.7 Å². The average Bonchev–Trinajstić information content (AvgIpc) is 3.83. The number of likely N-dealkylation sites (tertiary alicyclic amines) is 1. The van der Waals surface area contributed by atoms with Crippen molar-refractivity contribution in [3.05, 3.63) is 83.6 Å². The van der Waals surface area contributed by atoms with Gasteiger partial charge in [-0.2, -0.15) is 9.97 Å². The van der Waals surface area contributed by atoms with Gasteiger partial charge in [0.25, 0.3) is 0 Å². The number of nitrogens with zero attached hydrogens (tertiary/aromatic N) is 8. The van der Waals surface area contributed by atoms with E-state index in [2.05, 4.69) is 21.7 Å². The van der Waals surface area contributed by atoms with E-state index in [1.807, 2.05) is 62.9 Å². The third-order valence-electron chi connectivity index (χ3n) is 13.5. The lowest BCUT2D eigenvalue weighted by Gasteiger charge is -2.42. The number of aryl methyl sites for hydroxylation is 1. The lowest BCUT2D eigenvalue weighted by molar-refractivity contribution is 0.0122. The monoisotopic (exact) mass is 922 g/mol. The van der Waals surface area contributed by atoms with Gasteiger partial charge in [-0.1, -0.05) is 43.3 Å². The molecule has 2 amide bonds. The smallest absolute Gasteiger partial charge is 0.410 e. The van der Waals surface area contributed by atoms with Crippen molar-refractivity contribution in [3.8, 4) is 23.0 Å². The highest BCUT2D eigenvalue weighted by Gasteiger charge is 2.45. The summed E-state index contributed by atoms with van der Waals surface area (Å²) in [6, 6.07) is 16.1. The first-order valence-electron chi connectivity index (χ1n) is 23.3. The van der Waals surface area contributed by atoms with E-state index in [1.165, 1.54) is 13.2 Å². The molecule has 67 heavy (non-hydrogen) atoms. The first-order valence-corrected chi connectivity index (χ1v) is 23.3. The number of likely N-dealkylation sites (N-methyl/N-ethyl adjacent to an activating group) is 1. The zero-order valence-corrected chi connectivity index (χ0v) is 39.2. The van der Waals surface area contributed by atoms with Gasteiger partial charge in [-0.15, -0.1) is 0 Å². The van der Waals surface area contributed by atoms with E-state index in [1.54, 1.807) is 29.3 Å². The highest BCUT2D eigenvalue weighted by molar-refractivity contribution is 6.02. The van der Waals surface area contributed by atoms with Crippen molar-refractivity contribution in [3.63, 3.8) is 0 Å². The number of amides is 2. The number of fused-ring (bicyclic) bond motifs is 4. The summed E-state index contributed by atoms with van der Waals surface area (Å²) < 4.78 is 61.9. The van der Waals surface area contributed by atoms with Crippen LogP contribution in [0, 0.1) is 11.6 Å². The first kappa shape index (κ1) is 46.2. The van der Waals surface area contributed by atoms with E-state index >= 15 is 8.78 Å². The van der Waals surface area contributed by atoms with Crippen molar-refractivity contribution in [2.75, 3.05) is 78.3 Å². The zero-order valence-electron chi connectivity index (χ0n) is 39.2. The number of ether oxygens (including phenoxy) is 5. The van der Waals surface area contributed by atoms with Crippen molar-refractivity contribution < 1.29 is 42.1 Å². The van der Waals surface area contributed by atoms with Crippen LogP contribution in [-0.4, -0.2) is 150 Å². The molecule has 4 fully saturated rings. The molecule has 0 saturated carbocycles. The molecule has 2 bridgehead atoms. The number of carbonyl (C=O) groups is 2. The van der Waals surface area contributed by atoms with Crippen molar-refractivity contribution in [1.29, 1.82) is 0 Å². The Kier molecular flexibility index (Phi) is 13.4. The maximum atomic E-state index is 17.6. The Balaban J connectivity index is 0.988. The molecule has 356 valence electrons. The Bertz CT molecular complexity index is 2600. The minimum atomic E-state index is -0.709. The molecule has 0 radical (unpaired) electrons. The van der Waals surface area contributed by atoms with Crippen LogP contribution in [0.3, 0.4) is 0 Å². The second-order valence-corrected chi connectivity index (χ2v) is 19.0. The fourth-order valence-electron chi connectivity index (χ4n) is 10.2. The summed E-state index contributed by atoms with van der Waals surface area (Å²) in [5.74, 6) is -0.242. The van der Waals surface area contributed by atoms with Gasteiger partial charge in [-0.25, -0.2) is 18.4 Å². The van der Waals surface area contributed by atoms with E-state index in [0.717, 1.165) is 44.5 Å². The van der Waals surface area contributed by atoms with E-state index in [-0.39, 0.29) is 73.6 Å². The maximum Gasteiger partial charge on any atom is 0.410 e. The highest BCUT2D eigenvalue weighted by atomic mass is 19.1. The molecule has 2 aromatic heterocycles. The zero-order chi connectivity index (χ0) is 47.0. The second-order valence-electron chi connectivity index (χ2n) is 19.0. The van der Waals surface area contributed by atoms with Crippen LogP contribution in [0.2, 0.25) is 0 Å². The Morgan fingerprint density at radius 2 is 1.63 bits per heavy atom. The number of methoxy groups -OCH3 is 1. The lowest BCUT2D eigenvalue weighted by Crippen LogP contribution is -2.57. The quantitative estimate of drug-likeness (QED) is 0.114. The summed E-state index contributed by atoms with van der Waals surface area (Å²) >= 11 is 0. The molecule has 15 nitrogen and oxygen atoms in total. The van der Waals surface area contributed by atoms with Gasteiger partial charge in [0.15, 0.2) is 12.6 Å². The summed E-state index contributed by atoms with van der Waals surface area (Å²) in [7, 11) is 3.58. The van der Waals surface area contributed by atoms with Crippen molar-refractivity contribution in [1.82, 2.24) is 34.6 Å². The molecule has 0 aliphatic carbocycles.